The number of esters is 1. The molecule has 0 aliphatic carbocycles. The minimum Gasteiger partial charge on any atom is -0.452 e. The molecule has 0 atom stereocenters. The Hall–Kier alpha value is -2.92. The average molecular weight is 369 g/mol. The summed E-state index contributed by atoms with van der Waals surface area (Å²) in [5.41, 5.74) is 2.70. The highest BCUT2D eigenvalue weighted by Gasteiger charge is 2.15. The van der Waals surface area contributed by atoms with Gasteiger partial charge in [0, 0.05) is 11.1 Å². The fourth-order valence-electron chi connectivity index (χ4n) is 2.54. The van der Waals surface area contributed by atoms with Gasteiger partial charge < -0.3 is 10.1 Å². The Bertz CT molecular complexity index is 955. The highest BCUT2D eigenvalue weighted by Crippen LogP contribution is 2.21. The Morgan fingerprint density at radius 1 is 1.12 bits per heavy atom. The Kier molecular flexibility index (Phi) is 5.49. The van der Waals surface area contributed by atoms with Crippen molar-refractivity contribution in [1.82, 2.24) is 4.98 Å². The van der Waals surface area contributed by atoms with Gasteiger partial charge >= 0.3 is 5.97 Å². The quantitative estimate of drug-likeness (QED) is 0.540. The van der Waals surface area contributed by atoms with E-state index in [1.54, 1.807) is 24.3 Å². The molecule has 0 spiro atoms. The van der Waals surface area contributed by atoms with Gasteiger partial charge in [-0.1, -0.05) is 48.9 Å². The van der Waals surface area contributed by atoms with Gasteiger partial charge in [-0.15, -0.1) is 0 Å². The first-order valence-corrected chi connectivity index (χ1v) is 8.56. The maximum absolute atomic E-state index is 12.4. The molecule has 0 aliphatic heterocycles. The first-order chi connectivity index (χ1) is 12.6. The summed E-state index contributed by atoms with van der Waals surface area (Å²) in [5, 5.41) is 3.51. The van der Waals surface area contributed by atoms with Gasteiger partial charge in [0.25, 0.3) is 5.91 Å². The lowest BCUT2D eigenvalue weighted by Gasteiger charge is -2.09. The van der Waals surface area contributed by atoms with Crippen molar-refractivity contribution in [3.8, 4) is 0 Å². The second-order valence-electron chi connectivity index (χ2n) is 5.68. The van der Waals surface area contributed by atoms with Crippen LogP contribution in [0.2, 0.25) is 5.15 Å². The largest absolute Gasteiger partial charge is 0.452 e. The molecular formula is C20H17ClN2O3. The summed E-state index contributed by atoms with van der Waals surface area (Å²) in [4.78, 5) is 28.5. The normalized spacial score (nSPS) is 10.5. The number of ether oxygens (including phenoxy) is 1. The fraction of sp³-hybridized carbons (Fsp3) is 0.150. The van der Waals surface area contributed by atoms with Gasteiger partial charge in [0.2, 0.25) is 0 Å². The second kappa shape index (κ2) is 7.97. The molecule has 0 unspecified atom stereocenters. The van der Waals surface area contributed by atoms with E-state index in [9.17, 15) is 9.59 Å². The van der Waals surface area contributed by atoms with Crippen LogP contribution in [0.5, 0.6) is 0 Å². The molecule has 0 bridgehead atoms. The minimum atomic E-state index is -0.623. The van der Waals surface area contributed by atoms with E-state index in [0.717, 1.165) is 6.42 Å². The van der Waals surface area contributed by atoms with Crippen molar-refractivity contribution in [2.24, 2.45) is 0 Å². The lowest BCUT2D eigenvalue weighted by molar-refractivity contribution is -0.119. The van der Waals surface area contributed by atoms with Crippen LogP contribution in [0.1, 0.15) is 22.8 Å². The number of anilines is 1. The summed E-state index contributed by atoms with van der Waals surface area (Å²) < 4.78 is 5.13. The molecule has 1 N–H and O–H groups in total. The third-order valence-corrected chi connectivity index (χ3v) is 4.08. The van der Waals surface area contributed by atoms with Crippen molar-refractivity contribution in [2.45, 2.75) is 13.3 Å². The zero-order valence-corrected chi connectivity index (χ0v) is 14.9. The number of para-hydroxylation sites is 1. The number of amides is 1. The molecule has 0 fully saturated rings. The summed E-state index contributed by atoms with van der Waals surface area (Å²) in [6.07, 6.45) is 0.925. The monoisotopic (exact) mass is 368 g/mol. The molecule has 3 rings (SSSR count). The standard InChI is InChI=1S/C20H17ClN2O3/c1-2-13-7-9-14(10-8-13)22-19(24)12-26-20(25)16-11-18(21)23-17-6-4-3-5-15(16)17/h3-11H,2,12H2,1H3,(H,22,24). The molecular weight excluding hydrogens is 352 g/mol. The van der Waals surface area contributed by atoms with Crippen molar-refractivity contribution in [3.05, 3.63) is 70.9 Å². The number of aryl methyl sites for hydroxylation is 1. The van der Waals surface area contributed by atoms with Crippen molar-refractivity contribution in [1.29, 1.82) is 0 Å². The lowest BCUT2D eigenvalue weighted by atomic mass is 10.1. The first kappa shape index (κ1) is 17.9. The number of pyridine rings is 1. The van der Waals surface area contributed by atoms with Crippen LogP contribution in [-0.2, 0) is 16.0 Å². The zero-order chi connectivity index (χ0) is 18.5. The molecule has 1 amide bonds. The fourth-order valence-corrected chi connectivity index (χ4v) is 2.74. The van der Waals surface area contributed by atoms with E-state index in [0.29, 0.717) is 16.6 Å². The van der Waals surface area contributed by atoms with Crippen LogP contribution in [0, 0.1) is 0 Å². The SMILES string of the molecule is CCc1ccc(NC(=O)COC(=O)c2cc(Cl)nc3ccccc23)cc1. The molecule has 26 heavy (non-hydrogen) atoms. The summed E-state index contributed by atoms with van der Waals surface area (Å²) >= 11 is 5.96. The van der Waals surface area contributed by atoms with Gasteiger partial charge in [-0.25, -0.2) is 9.78 Å². The number of carbonyl (C=O) groups is 2. The van der Waals surface area contributed by atoms with Gasteiger partial charge in [-0.3, -0.25) is 4.79 Å². The molecule has 0 aliphatic rings. The third-order valence-electron chi connectivity index (χ3n) is 3.89. The number of benzene rings is 2. The molecule has 6 heteroatoms. The molecule has 5 nitrogen and oxygen atoms in total. The van der Waals surface area contributed by atoms with E-state index in [4.69, 9.17) is 16.3 Å². The predicted octanol–water partition coefficient (Wildman–Crippen LogP) is 4.25. The smallest absolute Gasteiger partial charge is 0.339 e. The number of rotatable bonds is 5. The Morgan fingerprint density at radius 2 is 1.85 bits per heavy atom. The summed E-state index contributed by atoms with van der Waals surface area (Å²) in [5.74, 6) is -1.03. The molecule has 0 radical (unpaired) electrons. The average Bonchev–Trinajstić information content (AvgIpc) is 2.66. The Balaban J connectivity index is 1.66. The van der Waals surface area contributed by atoms with Crippen LogP contribution >= 0.6 is 11.6 Å². The molecule has 3 aromatic rings. The van der Waals surface area contributed by atoms with E-state index in [1.807, 2.05) is 24.3 Å². The first-order valence-electron chi connectivity index (χ1n) is 8.18. The van der Waals surface area contributed by atoms with Gasteiger partial charge in [-0.2, -0.15) is 0 Å². The topological polar surface area (TPSA) is 68.3 Å². The molecule has 1 heterocycles. The van der Waals surface area contributed by atoms with Crippen molar-refractivity contribution in [2.75, 3.05) is 11.9 Å². The Morgan fingerprint density at radius 3 is 2.58 bits per heavy atom. The van der Waals surface area contributed by atoms with Crippen LogP contribution in [0.4, 0.5) is 5.69 Å². The van der Waals surface area contributed by atoms with E-state index < -0.39 is 11.9 Å². The molecule has 0 saturated heterocycles. The van der Waals surface area contributed by atoms with E-state index in [1.165, 1.54) is 11.6 Å². The summed E-state index contributed by atoms with van der Waals surface area (Å²) in [6, 6.07) is 16.0. The number of nitrogens with one attached hydrogen (secondary N) is 1. The molecule has 0 saturated carbocycles. The van der Waals surface area contributed by atoms with Crippen LogP contribution < -0.4 is 5.32 Å². The van der Waals surface area contributed by atoms with Crippen LogP contribution in [0.3, 0.4) is 0 Å². The molecule has 1 aromatic heterocycles. The predicted molar refractivity (Wildman–Crippen MR) is 101 cm³/mol. The number of carbonyl (C=O) groups excluding carboxylic acids is 2. The number of hydrogen-bond donors (Lipinski definition) is 1. The third kappa shape index (κ3) is 4.18. The molecule has 132 valence electrons. The van der Waals surface area contributed by atoms with Gasteiger partial charge in [0.1, 0.15) is 5.15 Å². The highest BCUT2D eigenvalue weighted by atomic mass is 35.5. The lowest BCUT2D eigenvalue weighted by Crippen LogP contribution is -2.21. The summed E-state index contributed by atoms with van der Waals surface area (Å²) in [6.45, 7) is 1.67. The number of halogens is 1. The highest BCUT2D eigenvalue weighted by molar-refractivity contribution is 6.30. The van der Waals surface area contributed by atoms with E-state index in [2.05, 4.69) is 17.2 Å². The van der Waals surface area contributed by atoms with Crippen molar-refractivity contribution in [3.63, 3.8) is 0 Å². The number of aromatic nitrogens is 1. The van der Waals surface area contributed by atoms with Crippen LogP contribution in [0.25, 0.3) is 10.9 Å². The number of nitrogens with zero attached hydrogens (tertiary/aromatic N) is 1. The van der Waals surface area contributed by atoms with E-state index >= 15 is 0 Å². The van der Waals surface area contributed by atoms with E-state index in [-0.39, 0.29) is 17.3 Å². The van der Waals surface area contributed by atoms with Crippen LogP contribution in [0.15, 0.2) is 54.6 Å². The second-order valence-corrected chi connectivity index (χ2v) is 6.07. The summed E-state index contributed by atoms with van der Waals surface area (Å²) in [7, 11) is 0. The van der Waals surface area contributed by atoms with Gasteiger partial charge in [0.15, 0.2) is 6.61 Å². The zero-order valence-electron chi connectivity index (χ0n) is 14.2. The number of fused-ring (bicyclic) bond motifs is 1. The maximum Gasteiger partial charge on any atom is 0.339 e. The maximum atomic E-state index is 12.4. The van der Waals surface area contributed by atoms with Gasteiger partial charge in [0.05, 0.1) is 11.1 Å². The number of hydrogen-bond acceptors (Lipinski definition) is 4. The van der Waals surface area contributed by atoms with Crippen LogP contribution in [-0.4, -0.2) is 23.5 Å². The van der Waals surface area contributed by atoms with Crippen molar-refractivity contribution < 1.29 is 14.3 Å². The van der Waals surface area contributed by atoms with Gasteiger partial charge in [-0.05, 0) is 36.2 Å². The molecule has 2 aromatic carbocycles. The van der Waals surface area contributed by atoms with Crippen molar-refractivity contribution >= 4 is 40.1 Å². The Labute approximate surface area is 156 Å². The minimum absolute atomic E-state index is 0.191.